The molecule has 0 aromatic carbocycles. The summed E-state index contributed by atoms with van der Waals surface area (Å²) >= 11 is 6.03. The summed E-state index contributed by atoms with van der Waals surface area (Å²) in [6.45, 7) is 5.87. The maximum Gasteiger partial charge on any atom is 0.0637 e. The van der Waals surface area contributed by atoms with Crippen molar-refractivity contribution in [2.45, 2.75) is 25.8 Å². The second-order valence-electron chi connectivity index (χ2n) is 3.61. The van der Waals surface area contributed by atoms with Gasteiger partial charge < -0.3 is 0 Å². The Kier molecular flexibility index (Phi) is 4.75. The molecule has 0 fully saturated rings. The lowest BCUT2D eigenvalue weighted by atomic mass is 10.0. The molecule has 0 radical (unpaired) electrons. The first kappa shape index (κ1) is 12.2. The van der Waals surface area contributed by atoms with Crippen molar-refractivity contribution in [1.82, 2.24) is 10.4 Å². The molecule has 0 spiro atoms. The Morgan fingerprint density at radius 3 is 3.00 bits per heavy atom. The van der Waals surface area contributed by atoms with Gasteiger partial charge in [0.25, 0.3) is 0 Å². The predicted octanol–water partition coefficient (Wildman–Crippen LogP) is 2.60. The fraction of sp³-hybridized carbons (Fsp3) is 0.364. The van der Waals surface area contributed by atoms with Crippen LogP contribution in [0.3, 0.4) is 0 Å². The van der Waals surface area contributed by atoms with Crippen LogP contribution in [0, 0.1) is 0 Å². The van der Waals surface area contributed by atoms with Crippen LogP contribution in [0.1, 0.15) is 31.4 Å². The highest BCUT2D eigenvalue weighted by atomic mass is 35.5. The topological polar surface area (TPSA) is 50.9 Å². The van der Waals surface area contributed by atoms with Gasteiger partial charge in [-0.05, 0) is 31.4 Å². The first-order valence-corrected chi connectivity index (χ1v) is 5.23. The monoisotopic (exact) mass is 225 g/mol. The molecule has 1 rings (SSSR count). The molecule has 0 saturated carbocycles. The van der Waals surface area contributed by atoms with E-state index in [0.717, 1.165) is 24.0 Å². The largest absolute Gasteiger partial charge is 0.271 e. The molecule has 0 bridgehead atoms. The molecule has 4 heteroatoms. The minimum atomic E-state index is 0.0530. The van der Waals surface area contributed by atoms with Gasteiger partial charge in [0.05, 0.1) is 5.02 Å². The van der Waals surface area contributed by atoms with Crippen LogP contribution in [-0.2, 0) is 0 Å². The highest BCUT2D eigenvalue weighted by molar-refractivity contribution is 6.31. The van der Waals surface area contributed by atoms with Crippen LogP contribution in [0.15, 0.2) is 30.6 Å². The van der Waals surface area contributed by atoms with Gasteiger partial charge in [-0.3, -0.25) is 16.3 Å². The smallest absolute Gasteiger partial charge is 0.0637 e. The minimum absolute atomic E-state index is 0.0530. The third kappa shape index (κ3) is 3.63. The van der Waals surface area contributed by atoms with Crippen molar-refractivity contribution in [2.75, 3.05) is 0 Å². The second-order valence-corrected chi connectivity index (χ2v) is 4.02. The summed E-state index contributed by atoms with van der Waals surface area (Å²) in [4.78, 5) is 3.94. The minimum Gasteiger partial charge on any atom is -0.271 e. The summed E-state index contributed by atoms with van der Waals surface area (Å²) in [7, 11) is 0. The van der Waals surface area contributed by atoms with Crippen molar-refractivity contribution in [3.8, 4) is 0 Å². The van der Waals surface area contributed by atoms with Crippen LogP contribution in [-0.4, -0.2) is 4.98 Å². The first-order valence-electron chi connectivity index (χ1n) is 4.85. The SMILES string of the molecule is C=C(C)CCC(NN)c1ccncc1Cl. The molecule has 0 saturated heterocycles. The Hall–Kier alpha value is -0.900. The lowest BCUT2D eigenvalue weighted by Gasteiger charge is -2.17. The van der Waals surface area contributed by atoms with E-state index in [1.807, 2.05) is 13.0 Å². The Morgan fingerprint density at radius 1 is 1.73 bits per heavy atom. The maximum atomic E-state index is 6.03. The summed E-state index contributed by atoms with van der Waals surface area (Å²) < 4.78 is 0. The van der Waals surface area contributed by atoms with Gasteiger partial charge >= 0.3 is 0 Å². The molecule has 0 aliphatic heterocycles. The number of hydrazine groups is 1. The number of allylic oxidation sites excluding steroid dienone is 1. The summed E-state index contributed by atoms with van der Waals surface area (Å²) in [6.07, 6.45) is 5.15. The van der Waals surface area contributed by atoms with Crippen molar-refractivity contribution in [2.24, 2.45) is 5.84 Å². The number of nitrogens with zero attached hydrogens (tertiary/aromatic N) is 1. The van der Waals surface area contributed by atoms with Gasteiger partial charge in [-0.2, -0.15) is 0 Å². The number of nitrogens with one attached hydrogen (secondary N) is 1. The maximum absolute atomic E-state index is 6.03. The van der Waals surface area contributed by atoms with Crippen LogP contribution in [0.25, 0.3) is 0 Å². The predicted molar refractivity (Wildman–Crippen MR) is 63.4 cm³/mol. The van der Waals surface area contributed by atoms with E-state index in [2.05, 4.69) is 17.0 Å². The third-order valence-corrected chi connectivity index (χ3v) is 2.56. The molecule has 1 unspecified atom stereocenters. The molecule has 1 aromatic rings. The van der Waals surface area contributed by atoms with E-state index in [1.165, 1.54) is 0 Å². The van der Waals surface area contributed by atoms with Crippen LogP contribution in [0.2, 0.25) is 5.02 Å². The zero-order chi connectivity index (χ0) is 11.3. The van der Waals surface area contributed by atoms with E-state index in [4.69, 9.17) is 17.4 Å². The van der Waals surface area contributed by atoms with Gasteiger partial charge in [-0.15, -0.1) is 6.58 Å². The molecule has 15 heavy (non-hydrogen) atoms. The Balaban J connectivity index is 2.74. The number of nitrogens with two attached hydrogens (primary N) is 1. The van der Waals surface area contributed by atoms with E-state index in [9.17, 15) is 0 Å². The molecule has 0 aliphatic carbocycles. The normalized spacial score (nSPS) is 12.5. The van der Waals surface area contributed by atoms with Crippen molar-refractivity contribution in [1.29, 1.82) is 0 Å². The summed E-state index contributed by atoms with van der Waals surface area (Å²) in [5, 5.41) is 0.641. The van der Waals surface area contributed by atoms with Crippen molar-refractivity contribution in [3.63, 3.8) is 0 Å². The van der Waals surface area contributed by atoms with E-state index >= 15 is 0 Å². The van der Waals surface area contributed by atoms with Crippen molar-refractivity contribution >= 4 is 11.6 Å². The molecule has 3 nitrogen and oxygen atoms in total. The molecule has 1 aromatic heterocycles. The fourth-order valence-electron chi connectivity index (χ4n) is 1.39. The van der Waals surface area contributed by atoms with Gasteiger partial charge in [0.2, 0.25) is 0 Å². The Labute approximate surface area is 95.3 Å². The quantitative estimate of drug-likeness (QED) is 0.460. The number of rotatable bonds is 5. The molecule has 0 aliphatic rings. The summed E-state index contributed by atoms with van der Waals surface area (Å²) in [6, 6.07) is 1.93. The van der Waals surface area contributed by atoms with E-state index in [-0.39, 0.29) is 6.04 Å². The van der Waals surface area contributed by atoms with Gasteiger partial charge in [-0.25, -0.2) is 0 Å². The number of hydrogen-bond donors (Lipinski definition) is 2. The average Bonchev–Trinajstić information content (AvgIpc) is 2.21. The number of aromatic nitrogens is 1. The van der Waals surface area contributed by atoms with Gasteiger partial charge in [-0.1, -0.05) is 17.2 Å². The molecular formula is C11H16ClN3. The second kappa shape index (κ2) is 5.85. The van der Waals surface area contributed by atoms with E-state index in [1.54, 1.807) is 12.4 Å². The highest BCUT2D eigenvalue weighted by Gasteiger charge is 2.12. The standard InChI is InChI=1S/C11H16ClN3/c1-8(2)3-4-11(15-13)9-5-6-14-7-10(9)12/h5-7,11,15H,1,3-4,13H2,2H3. The van der Waals surface area contributed by atoms with Crippen molar-refractivity contribution < 1.29 is 0 Å². The number of pyridine rings is 1. The number of hydrogen-bond acceptors (Lipinski definition) is 3. The van der Waals surface area contributed by atoms with Crippen LogP contribution < -0.4 is 11.3 Å². The average molecular weight is 226 g/mol. The van der Waals surface area contributed by atoms with Crippen LogP contribution in [0.4, 0.5) is 0 Å². The lowest BCUT2D eigenvalue weighted by Crippen LogP contribution is -2.28. The summed E-state index contributed by atoms with van der Waals surface area (Å²) in [5.74, 6) is 5.50. The molecule has 0 amide bonds. The van der Waals surface area contributed by atoms with Gasteiger partial charge in [0, 0.05) is 18.4 Å². The Morgan fingerprint density at radius 2 is 2.47 bits per heavy atom. The number of halogens is 1. The van der Waals surface area contributed by atoms with E-state index in [0.29, 0.717) is 5.02 Å². The molecule has 1 atom stereocenters. The molecule has 3 N–H and O–H groups in total. The lowest BCUT2D eigenvalue weighted by molar-refractivity contribution is 0.515. The zero-order valence-corrected chi connectivity index (χ0v) is 9.59. The third-order valence-electron chi connectivity index (χ3n) is 2.24. The van der Waals surface area contributed by atoms with Gasteiger partial charge in [0.1, 0.15) is 0 Å². The first-order chi connectivity index (χ1) is 7.15. The fourth-order valence-corrected chi connectivity index (χ4v) is 1.64. The van der Waals surface area contributed by atoms with E-state index < -0.39 is 0 Å². The zero-order valence-electron chi connectivity index (χ0n) is 8.83. The summed E-state index contributed by atoms with van der Waals surface area (Å²) in [5.41, 5.74) is 4.88. The molecule has 1 heterocycles. The Bertz CT molecular complexity index is 338. The van der Waals surface area contributed by atoms with Crippen LogP contribution in [0.5, 0.6) is 0 Å². The van der Waals surface area contributed by atoms with Gasteiger partial charge in [0.15, 0.2) is 0 Å². The highest BCUT2D eigenvalue weighted by Crippen LogP contribution is 2.25. The molecular weight excluding hydrogens is 210 g/mol. The van der Waals surface area contributed by atoms with Crippen molar-refractivity contribution in [3.05, 3.63) is 41.2 Å². The van der Waals surface area contributed by atoms with Crippen LogP contribution >= 0.6 is 11.6 Å². The molecule has 82 valence electrons.